The van der Waals surface area contributed by atoms with E-state index in [1.54, 1.807) is 0 Å². The number of nitrogens with two attached hydrogens (primary N) is 1. The first-order chi connectivity index (χ1) is 15.2. The van der Waals surface area contributed by atoms with Crippen LogP contribution in [0, 0.1) is 6.92 Å². The van der Waals surface area contributed by atoms with Crippen LogP contribution in [-0.2, 0) is 5.75 Å². The number of benzene rings is 2. The average Bonchev–Trinajstić information content (AvgIpc) is 3.53. The van der Waals surface area contributed by atoms with E-state index in [4.69, 9.17) is 5.73 Å². The molecule has 0 saturated heterocycles. The molecule has 1 aliphatic carbocycles. The van der Waals surface area contributed by atoms with E-state index in [2.05, 4.69) is 47.2 Å². The predicted octanol–water partition coefficient (Wildman–Crippen LogP) is 4.26. The average molecular weight is 431 g/mol. The Kier molecular flexibility index (Phi) is 5.25. The van der Waals surface area contributed by atoms with Gasteiger partial charge in [-0.3, -0.25) is 4.57 Å². The summed E-state index contributed by atoms with van der Waals surface area (Å²) in [4.78, 5) is 13.0. The van der Waals surface area contributed by atoms with Crippen molar-refractivity contribution >= 4 is 29.3 Å². The minimum absolute atomic E-state index is 0.184. The molecule has 9 heteroatoms. The van der Waals surface area contributed by atoms with Gasteiger partial charge in [-0.15, -0.1) is 10.2 Å². The zero-order valence-corrected chi connectivity index (χ0v) is 17.9. The maximum absolute atomic E-state index is 5.93. The number of aryl methyl sites for hydroxylation is 1. The highest BCUT2D eigenvalue weighted by molar-refractivity contribution is 7.98. The van der Waals surface area contributed by atoms with E-state index >= 15 is 0 Å². The summed E-state index contributed by atoms with van der Waals surface area (Å²) in [5, 5.41) is 12.9. The first-order valence-electron chi connectivity index (χ1n) is 10.1. The summed E-state index contributed by atoms with van der Waals surface area (Å²) >= 11 is 1.54. The number of para-hydroxylation sites is 1. The maximum atomic E-state index is 5.93. The van der Waals surface area contributed by atoms with Crippen LogP contribution in [-0.4, -0.2) is 29.7 Å². The van der Waals surface area contributed by atoms with Gasteiger partial charge in [-0.2, -0.15) is 15.0 Å². The fourth-order valence-corrected chi connectivity index (χ4v) is 4.07. The normalized spacial score (nSPS) is 13.3. The molecular weight excluding hydrogens is 408 g/mol. The Morgan fingerprint density at radius 2 is 1.77 bits per heavy atom. The smallest absolute Gasteiger partial charge is 0.232 e. The molecule has 1 fully saturated rings. The lowest BCUT2D eigenvalue weighted by Gasteiger charge is -2.10. The SMILES string of the molecule is Cc1ccc(Nc2nc(N)nc(CSc3nnc(C4CC4)n3-c3ccccc3)n2)cc1. The summed E-state index contributed by atoms with van der Waals surface area (Å²) in [7, 11) is 0. The van der Waals surface area contributed by atoms with Gasteiger partial charge in [0.2, 0.25) is 11.9 Å². The molecule has 3 N–H and O–H groups in total. The largest absolute Gasteiger partial charge is 0.368 e. The van der Waals surface area contributed by atoms with Gasteiger partial charge in [0.25, 0.3) is 0 Å². The number of nitrogen functional groups attached to an aromatic ring is 1. The van der Waals surface area contributed by atoms with Gasteiger partial charge < -0.3 is 11.1 Å². The van der Waals surface area contributed by atoms with Gasteiger partial charge in [0, 0.05) is 17.3 Å². The first kappa shape index (κ1) is 19.5. The van der Waals surface area contributed by atoms with Gasteiger partial charge in [0.1, 0.15) is 11.6 Å². The van der Waals surface area contributed by atoms with Crippen LogP contribution < -0.4 is 11.1 Å². The fraction of sp³-hybridized carbons (Fsp3) is 0.227. The minimum atomic E-state index is 0.184. The van der Waals surface area contributed by atoms with Gasteiger partial charge in [0.05, 0.1) is 5.75 Å². The fourth-order valence-electron chi connectivity index (χ4n) is 3.25. The number of hydrogen-bond acceptors (Lipinski definition) is 8. The van der Waals surface area contributed by atoms with E-state index in [0.29, 0.717) is 23.4 Å². The molecule has 8 nitrogen and oxygen atoms in total. The second-order valence-corrected chi connectivity index (χ2v) is 8.44. The molecule has 1 aliphatic rings. The van der Waals surface area contributed by atoms with Crippen LogP contribution in [0.25, 0.3) is 5.69 Å². The van der Waals surface area contributed by atoms with Crippen LogP contribution in [0.15, 0.2) is 59.8 Å². The van der Waals surface area contributed by atoms with Crippen molar-refractivity contribution in [2.45, 2.75) is 36.6 Å². The van der Waals surface area contributed by atoms with Crippen LogP contribution in [0.2, 0.25) is 0 Å². The Morgan fingerprint density at radius 3 is 2.52 bits per heavy atom. The summed E-state index contributed by atoms with van der Waals surface area (Å²) in [6, 6.07) is 18.2. The van der Waals surface area contributed by atoms with Crippen LogP contribution in [0.4, 0.5) is 17.6 Å². The molecule has 2 aromatic carbocycles. The Morgan fingerprint density at radius 1 is 1.00 bits per heavy atom. The number of nitrogens with one attached hydrogen (secondary N) is 1. The number of hydrogen-bond donors (Lipinski definition) is 2. The third kappa shape index (κ3) is 4.51. The maximum Gasteiger partial charge on any atom is 0.232 e. The molecule has 0 aliphatic heterocycles. The Balaban J connectivity index is 1.37. The highest BCUT2D eigenvalue weighted by atomic mass is 32.2. The van der Waals surface area contributed by atoms with Crippen molar-refractivity contribution in [2.75, 3.05) is 11.1 Å². The number of anilines is 3. The predicted molar refractivity (Wildman–Crippen MR) is 122 cm³/mol. The molecule has 2 heterocycles. The van der Waals surface area contributed by atoms with Crippen LogP contribution in [0.1, 0.15) is 36.0 Å². The van der Waals surface area contributed by atoms with Crippen molar-refractivity contribution < 1.29 is 0 Å². The van der Waals surface area contributed by atoms with Crippen LogP contribution >= 0.6 is 11.8 Å². The molecule has 0 atom stereocenters. The lowest BCUT2D eigenvalue weighted by Crippen LogP contribution is -2.07. The van der Waals surface area contributed by atoms with Crippen molar-refractivity contribution in [3.8, 4) is 5.69 Å². The molecule has 4 aromatic rings. The van der Waals surface area contributed by atoms with E-state index in [1.807, 2.05) is 49.4 Å². The van der Waals surface area contributed by atoms with Gasteiger partial charge in [-0.05, 0) is 44.0 Å². The summed E-state index contributed by atoms with van der Waals surface area (Å²) in [6.07, 6.45) is 2.32. The Bertz CT molecular complexity index is 1190. The monoisotopic (exact) mass is 430 g/mol. The van der Waals surface area contributed by atoms with Crippen LogP contribution in [0.5, 0.6) is 0 Å². The lowest BCUT2D eigenvalue weighted by atomic mass is 10.2. The molecule has 5 rings (SSSR count). The molecule has 31 heavy (non-hydrogen) atoms. The molecule has 1 saturated carbocycles. The van der Waals surface area contributed by atoms with Gasteiger partial charge in [0.15, 0.2) is 5.16 Å². The molecule has 0 spiro atoms. The van der Waals surface area contributed by atoms with Crippen molar-refractivity contribution in [1.82, 2.24) is 29.7 Å². The number of thioether (sulfide) groups is 1. The molecule has 0 bridgehead atoms. The van der Waals surface area contributed by atoms with Crippen molar-refractivity contribution in [3.05, 3.63) is 71.8 Å². The zero-order chi connectivity index (χ0) is 21.2. The summed E-state index contributed by atoms with van der Waals surface area (Å²) in [6.45, 7) is 2.04. The number of rotatable bonds is 7. The highest BCUT2D eigenvalue weighted by Gasteiger charge is 2.31. The molecule has 2 aromatic heterocycles. The topological polar surface area (TPSA) is 107 Å². The van der Waals surface area contributed by atoms with E-state index in [0.717, 1.165) is 35.2 Å². The van der Waals surface area contributed by atoms with Crippen molar-refractivity contribution in [1.29, 1.82) is 0 Å². The minimum Gasteiger partial charge on any atom is -0.368 e. The van der Waals surface area contributed by atoms with Crippen LogP contribution in [0.3, 0.4) is 0 Å². The molecule has 0 amide bonds. The van der Waals surface area contributed by atoms with Crippen molar-refractivity contribution in [2.24, 2.45) is 0 Å². The van der Waals surface area contributed by atoms with E-state index in [9.17, 15) is 0 Å². The Hall–Kier alpha value is -3.46. The molecule has 156 valence electrons. The molecule has 0 radical (unpaired) electrons. The number of nitrogens with zero attached hydrogens (tertiary/aromatic N) is 6. The zero-order valence-electron chi connectivity index (χ0n) is 17.1. The van der Waals surface area contributed by atoms with Crippen molar-refractivity contribution in [3.63, 3.8) is 0 Å². The third-order valence-electron chi connectivity index (χ3n) is 4.95. The molecular formula is C22H22N8S. The quantitative estimate of drug-likeness (QED) is 0.419. The molecule has 0 unspecified atom stereocenters. The number of aromatic nitrogens is 6. The van der Waals surface area contributed by atoms with Gasteiger partial charge >= 0.3 is 0 Å². The third-order valence-corrected chi connectivity index (χ3v) is 5.88. The first-order valence-corrected chi connectivity index (χ1v) is 11.1. The van der Waals surface area contributed by atoms with Gasteiger partial charge in [-0.25, -0.2) is 0 Å². The Labute approximate surface area is 184 Å². The summed E-state index contributed by atoms with van der Waals surface area (Å²) in [5.74, 6) is 3.21. The van der Waals surface area contributed by atoms with E-state index < -0.39 is 0 Å². The second kappa shape index (κ2) is 8.35. The van der Waals surface area contributed by atoms with E-state index in [1.165, 1.54) is 17.3 Å². The van der Waals surface area contributed by atoms with E-state index in [-0.39, 0.29) is 5.95 Å². The second-order valence-electron chi connectivity index (χ2n) is 7.50. The summed E-state index contributed by atoms with van der Waals surface area (Å²) in [5.41, 5.74) is 9.08. The lowest BCUT2D eigenvalue weighted by molar-refractivity contribution is 0.828. The summed E-state index contributed by atoms with van der Waals surface area (Å²) < 4.78 is 2.14. The highest BCUT2D eigenvalue weighted by Crippen LogP contribution is 2.41. The standard InChI is InChI=1S/C22H22N8S/c1-14-7-11-16(12-8-14)24-21-26-18(25-20(23)27-21)13-31-22-29-28-19(15-9-10-15)30(22)17-5-3-2-4-6-17/h2-8,11-12,15H,9-10,13H2,1H3,(H3,23,24,25,26,27). The van der Waals surface area contributed by atoms with Gasteiger partial charge in [-0.1, -0.05) is 47.7 Å².